The Hall–Kier alpha value is -2.57. The Bertz CT molecular complexity index is 819. The van der Waals surface area contributed by atoms with Crippen LogP contribution >= 0.6 is 0 Å². The molecule has 0 spiro atoms. The van der Waals surface area contributed by atoms with Crippen LogP contribution in [0.1, 0.15) is 35.2 Å². The van der Waals surface area contributed by atoms with E-state index in [1.165, 1.54) is 5.56 Å². The fraction of sp³-hybridized carbons (Fsp3) is 0.435. The third-order valence-corrected chi connectivity index (χ3v) is 5.25. The first-order valence-electron chi connectivity index (χ1n) is 10.1. The molecule has 1 heterocycles. The Labute approximate surface area is 173 Å². The van der Waals surface area contributed by atoms with E-state index < -0.39 is 0 Å². The molecule has 2 N–H and O–H groups in total. The second-order valence-electron chi connectivity index (χ2n) is 7.45. The normalized spacial score (nSPS) is 15.6. The van der Waals surface area contributed by atoms with E-state index in [4.69, 9.17) is 9.47 Å². The molecule has 1 unspecified atom stereocenters. The third-order valence-electron chi connectivity index (χ3n) is 5.25. The lowest BCUT2D eigenvalue weighted by Gasteiger charge is -2.27. The van der Waals surface area contributed by atoms with E-state index in [2.05, 4.69) is 27.7 Å². The van der Waals surface area contributed by atoms with Gasteiger partial charge >= 0.3 is 6.03 Å². The van der Waals surface area contributed by atoms with Gasteiger partial charge in [-0.2, -0.15) is 0 Å². The predicted octanol–water partition coefficient (Wildman–Crippen LogP) is 3.40. The van der Waals surface area contributed by atoms with Crippen molar-refractivity contribution < 1.29 is 14.3 Å². The molecule has 2 aromatic carbocycles. The molecule has 1 atom stereocenters. The maximum Gasteiger partial charge on any atom is 0.315 e. The van der Waals surface area contributed by atoms with E-state index in [9.17, 15) is 4.79 Å². The molecule has 1 fully saturated rings. The molecule has 3 rings (SSSR count). The van der Waals surface area contributed by atoms with E-state index in [-0.39, 0.29) is 12.1 Å². The van der Waals surface area contributed by atoms with Crippen LogP contribution in [0.5, 0.6) is 5.75 Å². The predicted molar refractivity (Wildman–Crippen MR) is 114 cm³/mol. The molecule has 29 heavy (non-hydrogen) atoms. The lowest BCUT2D eigenvalue weighted by molar-refractivity contribution is 0.0341. The van der Waals surface area contributed by atoms with Crippen LogP contribution in [-0.2, 0) is 17.8 Å². The summed E-state index contributed by atoms with van der Waals surface area (Å²) in [4.78, 5) is 14.9. The van der Waals surface area contributed by atoms with E-state index in [0.29, 0.717) is 6.54 Å². The summed E-state index contributed by atoms with van der Waals surface area (Å²) in [6, 6.07) is 13.9. The zero-order valence-corrected chi connectivity index (χ0v) is 17.5. The summed E-state index contributed by atoms with van der Waals surface area (Å²) >= 11 is 0. The molecule has 0 aromatic heterocycles. The maximum atomic E-state index is 12.5. The molecule has 0 radical (unpaired) electrons. The fourth-order valence-corrected chi connectivity index (χ4v) is 3.58. The van der Waals surface area contributed by atoms with Crippen molar-refractivity contribution in [2.45, 2.75) is 33.0 Å². The first kappa shape index (κ1) is 21.1. The highest BCUT2D eigenvalue weighted by Gasteiger charge is 2.16. The third kappa shape index (κ3) is 5.95. The minimum absolute atomic E-state index is 0.159. The van der Waals surface area contributed by atoms with E-state index in [0.717, 1.165) is 55.3 Å². The van der Waals surface area contributed by atoms with Crippen LogP contribution in [0, 0.1) is 6.92 Å². The Kier molecular flexibility index (Phi) is 7.49. The van der Waals surface area contributed by atoms with Gasteiger partial charge in [0.2, 0.25) is 0 Å². The molecule has 0 bridgehead atoms. The minimum atomic E-state index is -0.192. The number of ether oxygens (including phenoxy) is 2. The molecule has 2 aromatic rings. The molecule has 6 heteroatoms. The monoisotopic (exact) mass is 397 g/mol. The fourth-order valence-electron chi connectivity index (χ4n) is 3.58. The van der Waals surface area contributed by atoms with E-state index in [1.807, 2.05) is 44.2 Å². The number of urea groups is 1. The largest absolute Gasteiger partial charge is 0.496 e. The average Bonchev–Trinajstić information content (AvgIpc) is 2.74. The summed E-state index contributed by atoms with van der Waals surface area (Å²) in [5.41, 5.74) is 4.47. The number of aryl methyl sites for hydroxylation is 1. The summed E-state index contributed by atoms with van der Waals surface area (Å²) in [5, 5.41) is 6.01. The SMILES string of the molecule is COc1ccc(C)cc1C(C)NC(=O)NCc1ccccc1CN1CCOCC1. The van der Waals surface area contributed by atoms with Crippen molar-refractivity contribution in [3.8, 4) is 5.75 Å². The van der Waals surface area contributed by atoms with Crippen LogP contribution in [0.2, 0.25) is 0 Å². The first-order valence-corrected chi connectivity index (χ1v) is 10.1. The van der Waals surface area contributed by atoms with Gasteiger partial charge in [0.05, 0.1) is 26.4 Å². The minimum Gasteiger partial charge on any atom is -0.496 e. The summed E-state index contributed by atoms with van der Waals surface area (Å²) in [6.07, 6.45) is 0. The number of methoxy groups -OCH3 is 1. The lowest BCUT2D eigenvalue weighted by atomic mass is 10.0. The number of nitrogens with one attached hydrogen (secondary N) is 2. The van der Waals surface area contributed by atoms with Gasteiger partial charge in [0.25, 0.3) is 0 Å². The zero-order chi connectivity index (χ0) is 20.6. The number of benzene rings is 2. The number of nitrogens with zero attached hydrogens (tertiary/aromatic N) is 1. The van der Waals surface area contributed by atoms with Gasteiger partial charge in [-0.15, -0.1) is 0 Å². The Balaban J connectivity index is 1.57. The van der Waals surface area contributed by atoms with Gasteiger partial charge in [-0.3, -0.25) is 4.90 Å². The number of carbonyl (C=O) groups is 1. The number of hydrogen-bond donors (Lipinski definition) is 2. The van der Waals surface area contributed by atoms with Crippen LogP contribution in [0.25, 0.3) is 0 Å². The molecule has 0 aliphatic carbocycles. The summed E-state index contributed by atoms with van der Waals surface area (Å²) in [7, 11) is 1.65. The molecular formula is C23H31N3O3. The van der Waals surface area contributed by atoms with Gasteiger partial charge in [0, 0.05) is 31.7 Å². The molecular weight excluding hydrogens is 366 g/mol. The Morgan fingerprint density at radius 2 is 1.90 bits per heavy atom. The highest BCUT2D eigenvalue weighted by molar-refractivity contribution is 5.74. The maximum absolute atomic E-state index is 12.5. The average molecular weight is 398 g/mol. The van der Waals surface area contributed by atoms with Crippen molar-refractivity contribution in [1.29, 1.82) is 0 Å². The van der Waals surface area contributed by atoms with Crippen molar-refractivity contribution in [3.05, 3.63) is 64.7 Å². The number of morpholine rings is 1. The van der Waals surface area contributed by atoms with Crippen molar-refractivity contribution in [1.82, 2.24) is 15.5 Å². The molecule has 156 valence electrons. The summed E-state index contributed by atoms with van der Waals surface area (Å²) < 4.78 is 10.9. The Morgan fingerprint density at radius 1 is 1.17 bits per heavy atom. The second-order valence-corrected chi connectivity index (χ2v) is 7.45. The van der Waals surface area contributed by atoms with Crippen LogP contribution in [0.4, 0.5) is 4.79 Å². The molecule has 0 saturated carbocycles. The van der Waals surface area contributed by atoms with E-state index >= 15 is 0 Å². The number of rotatable bonds is 7. The van der Waals surface area contributed by atoms with Crippen LogP contribution in [0.15, 0.2) is 42.5 Å². The van der Waals surface area contributed by atoms with Crippen molar-refractivity contribution >= 4 is 6.03 Å². The van der Waals surface area contributed by atoms with Crippen molar-refractivity contribution in [2.24, 2.45) is 0 Å². The Morgan fingerprint density at radius 3 is 2.62 bits per heavy atom. The molecule has 1 aliphatic heterocycles. The number of amides is 2. The van der Waals surface area contributed by atoms with Gasteiger partial charge in [0.15, 0.2) is 0 Å². The van der Waals surface area contributed by atoms with Crippen LogP contribution < -0.4 is 15.4 Å². The smallest absolute Gasteiger partial charge is 0.315 e. The lowest BCUT2D eigenvalue weighted by Crippen LogP contribution is -2.38. The van der Waals surface area contributed by atoms with Gasteiger partial charge in [-0.05, 0) is 31.0 Å². The number of carbonyl (C=O) groups excluding carboxylic acids is 1. The molecule has 1 saturated heterocycles. The topological polar surface area (TPSA) is 62.8 Å². The standard InChI is InChI=1S/C23H31N3O3/c1-17-8-9-22(28-3)21(14-17)18(2)25-23(27)24-15-19-6-4-5-7-20(19)16-26-10-12-29-13-11-26/h4-9,14,18H,10-13,15-16H2,1-3H3,(H2,24,25,27). The van der Waals surface area contributed by atoms with Crippen LogP contribution in [0.3, 0.4) is 0 Å². The number of hydrogen-bond acceptors (Lipinski definition) is 4. The quantitative estimate of drug-likeness (QED) is 0.752. The van der Waals surface area contributed by atoms with Gasteiger partial charge in [-0.1, -0.05) is 42.0 Å². The zero-order valence-electron chi connectivity index (χ0n) is 17.5. The van der Waals surface area contributed by atoms with Gasteiger partial charge in [-0.25, -0.2) is 4.79 Å². The van der Waals surface area contributed by atoms with Gasteiger partial charge in [0.1, 0.15) is 5.75 Å². The van der Waals surface area contributed by atoms with Gasteiger partial charge < -0.3 is 20.1 Å². The van der Waals surface area contributed by atoms with E-state index in [1.54, 1.807) is 7.11 Å². The summed E-state index contributed by atoms with van der Waals surface area (Å²) in [5.74, 6) is 0.777. The molecule has 1 aliphatic rings. The van der Waals surface area contributed by atoms with Crippen molar-refractivity contribution in [3.63, 3.8) is 0 Å². The highest BCUT2D eigenvalue weighted by atomic mass is 16.5. The van der Waals surface area contributed by atoms with Crippen molar-refractivity contribution in [2.75, 3.05) is 33.4 Å². The highest BCUT2D eigenvalue weighted by Crippen LogP contribution is 2.26. The van der Waals surface area contributed by atoms with Crippen LogP contribution in [-0.4, -0.2) is 44.3 Å². The molecule has 6 nitrogen and oxygen atoms in total. The molecule has 2 amide bonds. The summed E-state index contributed by atoms with van der Waals surface area (Å²) in [6.45, 7) is 8.80. The second kappa shape index (κ2) is 10.3. The first-order chi connectivity index (χ1) is 14.1.